The quantitative estimate of drug-likeness (QED) is 0.823. The minimum Gasteiger partial charge on any atom is -0.384 e. The van der Waals surface area contributed by atoms with E-state index in [1.54, 1.807) is 0 Å². The van der Waals surface area contributed by atoms with Crippen LogP contribution in [0.5, 0.6) is 0 Å². The summed E-state index contributed by atoms with van der Waals surface area (Å²) in [5.74, 6) is 0.458. The number of rotatable bonds is 7. The van der Waals surface area contributed by atoms with Gasteiger partial charge in [-0.15, -0.1) is 0 Å². The molecule has 1 aromatic rings. The van der Waals surface area contributed by atoms with Gasteiger partial charge in [-0.05, 0) is 24.6 Å². The first-order valence-electron chi connectivity index (χ1n) is 6.16. The van der Waals surface area contributed by atoms with Crippen LogP contribution in [0, 0.1) is 0 Å². The molecule has 0 heterocycles. The van der Waals surface area contributed by atoms with Gasteiger partial charge in [0.1, 0.15) is 0 Å². The van der Waals surface area contributed by atoms with Crippen molar-refractivity contribution in [2.45, 2.75) is 13.3 Å². The zero-order valence-corrected chi connectivity index (χ0v) is 12.1. The normalized spacial score (nSPS) is 11.3. The topological polar surface area (TPSA) is 49.4 Å². The molecule has 0 atom stereocenters. The fourth-order valence-electron chi connectivity index (χ4n) is 1.66. The Labute approximate surface area is 110 Å². The molecule has 1 N–H and O–H groups in total. The maximum Gasteiger partial charge on any atom is 0.152 e. The zero-order valence-electron chi connectivity index (χ0n) is 11.3. The highest BCUT2D eigenvalue weighted by Crippen LogP contribution is 2.16. The molecular weight excluding hydrogens is 248 g/mol. The van der Waals surface area contributed by atoms with Crippen molar-refractivity contribution in [3.05, 3.63) is 24.3 Å². The van der Waals surface area contributed by atoms with Crippen LogP contribution in [0.2, 0.25) is 0 Å². The molecule has 0 aliphatic heterocycles. The van der Waals surface area contributed by atoms with E-state index < -0.39 is 9.84 Å². The lowest BCUT2D eigenvalue weighted by atomic mass is 10.2. The van der Waals surface area contributed by atoms with Gasteiger partial charge in [-0.1, -0.05) is 13.0 Å². The van der Waals surface area contributed by atoms with E-state index in [1.807, 2.05) is 50.2 Å². The number of hydrogen-bond donors (Lipinski definition) is 1. The standard InChI is InChI=1S/C13H22N2O2S/c1-4-9-18(16,17)10-8-14-12-6-5-7-13(11-12)15(2)3/h5-7,11,14H,4,8-10H2,1-3H3. The third-order valence-corrected chi connectivity index (χ3v) is 4.48. The van der Waals surface area contributed by atoms with Crippen LogP contribution in [0.3, 0.4) is 0 Å². The van der Waals surface area contributed by atoms with Crippen molar-refractivity contribution in [1.82, 2.24) is 0 Å². The molecule has 18 heavy (non-hydrogen) atoms. The first-order chi connectivity index (χ1) is 8.44. The molecule has 0 aliphatic carbocycles. The fraction of sp³-hybridized carbons (Fsp3) is 0.538. The molecule has 0 unspecified atom stereocenters. The van der Waals surface area contributed by atoms with Gasteiger partial charge in [0.15, 0.2) is 9.84 Å². The molecule has 0 saturated carbocycles. The highest BCUT2D eigenvalue weighted by Gasteiger charge is 2.08. The van der Waals surface area contributed by atoms with Crippen LogP contribution in [-0.4, -0.2) is 40.6 Å². The Morgan fingerprint density at radius 3 is 2.56 bits per heavy atom. The molecule has 0 aliphatic rings. The maximum absolute atomic E-state index is 11.5. The molecule has 0 amide bonds. The summed E-state index contributed by atoms with van der Waals surface area (Å²) in [7, 11) is 1.05. The predicted molar refractivity (Wildman–Crippen MR) is 78.2 cm³/mol. The second-order valence-electron chi connectivity index (χ2n) is 4.52. The maximum atomic E-state index is 11.5. The highest BCUT2D eigenvalue weighted by atomic mass is 32.2. The van der Waals surface area contributed by atoms with E-state index in [1.165, 1.54) is 0 Å². The Hall–Kier alpha value is -1.23. The average Bonchev–Trinajstić information content (AvgIpc) is 2.29. The summed E-state index contributed by atoms with van der Waals surface area (Å²) < 4.78 is 23.1. The molecule has 0 fully saturated rings. The smallest absolute Gasteiger partial charge is 0.152 e. The predicted octanol–water partition coefficient (Wildman–Crippen LogP) is 1.99. The number of nitrogens with one attached hydrogen (secondary N) is 1. The molecule has 1 rings (SSSR count). The molecular formula is C13H22N2O2S. The van der Waals surface area contributed by atoms with Crippen LogP contribution in [0.1, 0.15) is 13.3 Å². The van der Waals surface area contributed by atoms with E-state index in [0.29, 0.717) is 13.0 Å². The van der Waals surface area contributed by atoms with Gasteiger partial charge < -0.3 is 10.2 Å². The Balaban J connectivity index is 2.52. The van der Waals surface area contributed by atoms with Crippen molar-refractivity contribution < 1.29 is 8.42 Å². The van der Waals surface area contributed by atoms with E-state index in [0.717, 1.165) is 11.4 Å². The number of nitrogens with zero attached hydrogens (tertiary/aromatic N) is 1. The van der Waals surface area contributed by atoms with Crippen molar-refractivity contribution >= 4 is 21.2 Å². The van der Waals surface area contributed by atoms with Gasteiger partial charge >= 0.3 is 0 Å². The summed E-state index contributed by atoms with van der Waals surface area (Å²) in [6.45, 7) is 2.34. The minimum atomic E-state index is -2.90. The molecule has 0 radical (unpaired) electrons. The summed E-state index contributed by atoms with van der Waals surface area (Å²) in [4.78, 5) is 2.01. The van der Waals surface area contributed by atoms with Gasteiger partial charge in [-0.2, -0.15) is 0 Å². The van der Waals surface area contributed by atoms with Crippen LogP contribution < -0.4 is 10.2 Å². The van der Waals surface area contributed by atoms with E-state index >= 15 is 0 Å². The van der Waals surface area contributed by atoms with Crippen molar-refractivity contribution in [3.63, 3.8) is 0 Å². The van der Waals surface area contributed by atoms with E-state index in [9.17, 15) is 8.42 Å². The van der Waals surface area contributed by atoms with Crippen molar-refractivity contribution in [3.8, 4) is 0 Å². The van der Waals surface area contributed by atoms with Crippen LogP contribution in [0.25, 0.3) is 0 Å². The third-order valence-electron chi connectivity index (χ3n) is 2.62. The molecule has 5 heteroatoms. The Morgan fingerprint density at radius 1 is 1.22 bits per heavy atom. The van der Waals surface area contributed by atoms with Crippen molar-refractivity contribution in [1.29, 1.82) is 0 Å². The van der Waals surface area contributed by atoms with Crippen LogP contribution in [0.15, 0.2) is 24.3 Å². The molecule has 0 aromatic heterocycles. The van der Waals surface area contributed by atoms with Gasteiger partial charge in [-0.25, -0.2) is 8.42 Å². The lowest BCUT2D eigenvalue weighted by Gasteiger charge is -2.14. The summed E-state index contributed by atoms with van der Waals surface area (Å²) in [5, 5.41) is 3.15. The second kappa shape index (κ2) is 6.64. The third kappa shape index (κ3) is 4.96. The summed E-state index contributed by atoms with van der Waals surface area (Å²) in [6, 6.07) is 7.92. The van der Waals surface area contributed by atoms with Gasteiger partial charge in [0, 0.05) is 37.8 Å². The van der Waals surface area contributed by atoms with Crippen molar-refractivity contribution in [2.75, 3.05) is 42.4 Å². The largest absolute Gasteiger partial charge is 0.384 e. The molecule has 4 nitrogen and oxygen atoms in total. The second-order valence-corrected chi connectivity index (χ2v) is 6.83. The number of anilines is 2. The Bertz CT molecular complexity index is 470. The van der Waals surface area contributed by atoms with E-state index in [4.69, 9.17) is 0 Å². The monoisotopic (exact) mass is 270 g/mol. The first-order valence-corrected chi connectivity index (χ1v) is 7.98. The van der Waals surface area contributed by atoms with Gasteiger partial charge in [-0.3, -0.25) is 0 Å². The summed E-state index contributed by atoms with van der Waals surface area (Å²) >= 11 is 0. The number of sulfone groups is 1. The number of benzene rings is 1. The molecule has 102 valence electrons. The van der Waals surface area contributed by atoms with Crippen molar-refractivity contribution in [2.24, 2.45) is 0 Å². The highest BCUT2D eigenvalue weighted by molar-refractivity contribution is 7.91. The van der Waals surface area contributed by atoms with Gasteiger partial charge in [0.25, 0.3) is 0 Å². The van der Waals surface area contributed by atoms with E-state index in [-0.39, 0.29) is 11.5 Å². The van der Waals surface area contributed by atoms with Gasteiger partial charge in [0.2, 0.25) is 0 Å². The Morgan fingerprint density at radius 2 is 1.94 bits per heavy atom. The lowest BCUT2D eigenvalue weighted by molar-refractivity contribution is 0.595. The van der Waals surface area contributed by atoms with Crippen LogP contribution in [-0.2, 0) is 9.84 Å². The average molecular weight is 270 g/mol. The first kappa shape index (κ1) is 14.8. The molecule has 0 bridgehead atoms. The van der Waals surface area contributed by atoms with E-state index in [2.05, 4.69) is 5.32 Å². The Kier molecular flexibility index (Phi) is 5.47. The fourth-order valence-corrected chi connectivity index (χ4v) is 2.90. The van der Waals surface area contributed by atoms with Gasteiger partial charge in [0.05, 0.1) is 5.75 Å². The number of hydrogen-bond acceptors (Lipinski definition) is 4. The summed E-state index contributed by atoms with van der Waals surface area (Å²) in [5.41, 5.74) is 2.05. The lowest BCUT2D eigenvalue weighted by Crippen LogP contribution is -2.18. The van der Waals surface area contributed by atoms with Crippen LogP contribution in [0.4, 0.5) is 11.4 Å². The molecule has 1 aromatic carbocycles. The van der Waals surface area contributed by atoms with Crippen LogP contribution >= 0.6 is 0 Å². The molecule has 0 saturated heterocycles. The zero-order chi connectivity index (χ0) is 13.6. The summed E-state index contributed by atoms with van der Waals surface area (Å²) in [6.07, 6.45) is 0.679. The molecule has 0 spiro atoms. The minimum absolute atomic E-state index is 0.188. The SMILES string of the molecule is CCCS(=O)(=O)CCNc1cccc(N(C)C)c1.